The average Bonchev–Trinajstić information content (AvgIpc) is 3.32. The molecule has 1 aliphatic rings. The zero-order valence-electron chi connectivity index (χ0n) is 18.7. The highest BCUT2D eigenvalue weighted by molar-refractivity contribution is 7.89. The van der Waals surface area contributed by atoms with Crippen molar-refractivity contribution in [1.29, 1.82) is 0 Å². The maximum Gasteiger partial charge on any atom is 0.416 e. The van der Waals surface area contributed by atoms with E-state index in [1.165, 1.54) is 52.0 Å². The number of ether oxygens (including phenoxy) is 1. The van der Waals surface area contributed by atoms with Crippen molar-refractivity contribution in [1.82, 2.24) is 19.1 Å². The van der Waals surface area contributed by atoms with Crippen LogP contribution >= 0.6 is 0 Å². The van der Waals surface area contributed by atoms with E-state index in [-0.39, 0.29) is 47.1 Å². The van der Waals surface area contributed by atoms with Gasteiger partial charge in [0.1, 0.15) is 12.7 Å². The summed E-state index contributed by atoms with van der Waals surface area (Å²) in [5, 5.41) is 6.36. The molecule has 2 atom stereocenters. The van der Waals surface area contributed by atoms with E-state index in [0.29, 0.717) is 0 Å². The first-order valence-electron chi connectivity index (χ1n) is 10.6. The number of anilines is 1. The zero-order valence-corrected chi connectivity index (χ0v) is 19.5. The molecule has 1 aliphatic heterocycles. The Morgan fingerprint density at radius 2 is 1.74 bits per heavy atom. The fourth-order valence-electron chi connectivity index (χ4n) is 3.79. The number of rotatable bonds is 5. The highest BCUT2D eigenvalue weighted by atomic mass is 32.2. The standard InChI is InChI=1S/C22H22F3N5O4S/c1-14-10-29(11-15(2)34-14)35(32,33)18-6-3-16(4-7-18)21(31)28-19-9-17(22(23,24)25)5-8-20(19)30-13-26-12-27-30/h3-9,12-15H,10-11H2,1-2H3,(H,28,31)/t14-,15-/m0/s1. The molecule has 0 unspecified atom stereocenters. The van der Waals surface area contributed by atoms with Gasteiger partial charge < -0.3 is 10.1 Å². The third kappa shape index (κ3) is 5.36. The number of morpholine rings is 1. The molecule has 186 valence electrons. The minimum atomic E-state index is -4.62. The molecule has 13 heteroatoms. The lowest BCUT2D eigenvalue weighted by Gasteiger charge is -2.34. The summed E-state index contributed by atoms with van der Waals surface area (Å²) >= 11 is 0. The summed E-state index contributed by atoms with van der Waals surface area (Å²) < 4.78 is 73.9. The number of nitrogens with one attached hydrogen (secondary N) is 1. The molecule has 4 rings (SSSR count). The van der Waals surface area contributed by atoms with Crippen molar-refractivity contribution < 1.29 is 31.1 Å². The van der Waals surface area contributed by atoms with Gasteiger partial charge in [-0.05, 0) is 56.3 Å². The molecule has 0 radical (unpaired) electrons. The molecule has 0 aliphatic carbocycles. The number of carbonyl (C=O) groups is 1. The minimum absolute atomic E-state index is 0.00211. The maximum absolute atomic E-state index is 13.2. The van der Waals surface area contributed by atoms with Crippen molar-refractivity contribution in [2.75, 3.05) is 18.4 Å². The number of alkyl halides is 3. The van der Waals surface area contributed by atoms with Crippen LogP contribution in [-0.2, 0) is 20.9 Å². The monoisotopic (exact) mass is 509 g/mol. The molecule has 1 fully saturated rings. The van der Waals surface area contributed by atoms with Gasteiger partial charge in [0.25, 0.3) is 5.91 Å². The van der Waals surface area contributed by atoms with Crippen LogP contribution in [0.25, 0.3) is 5.69 Å². The molecule has 0 bridgehead atoms. The number of nitrogens with zero attached hydrogens (tertiary/aromatic N) is 4. The number of benzene rings is 2. The quantitative estimate of drug-likeness (QED) is 0.566. The van der Waals surface area contributed by atoms with Gasteiger partial charge in [-0.1, -0.05) is 0 Å². The molecular formula is C22H22F3N5O4S. The first-order chi connectivity index (χ1) is 16.4. The number of halogens is 3. The van der Waals surface area contributed by atoms with Gasteiger partial charge in [-0.3, -0.25) is 4.79 Å². The second-order valence-electron chi connectivity index (χ2n) is 8.13. The first kappa shape index (κ1) is 24.8. The summed E-state index contributed by atoms with van der Waals surface area (Å²) in [6.45, 7) is 3.98. The summed E-state index contributed by atoms with van der Waals surface area (Å²) in [7, 11) is -3.81. The number of aromatic nitrogens is 3. The number of carbonyl (C=O) groups excluding carboxylic acids is 1. The van der Waals surface area contributed by atoms with E-state index < -0.39 is 27.7 Å². The third-order valence-electron chi connectivity index (χ3n) is 5.38. The highest BCUT2D eigenvalue weighted by Gasteiger charge is 2.33. The fourth-order valence-corrected chi connectivity index (χ4v) is 5.38. The van der Waals surface area contributed by atoms with Gasteiger partial charge >= 0.3 is 6.18 Å². The minimum Gasteiger partial charge on any atom is -0.373 e. The second-order valence-corrected chi connectivity index (χ2v) is 10.1. The molecule has 0 saturated carbocycles. The van der Waals surface area contributed by atoms with Crippen LogP contribution in [0.1, 0.15) is 29.8 Å². The molecule has 35 heavy (non-hydrogen) atoms. The van der Waals surface area contributed by atoms with E-state index in [0.717, 1.165) is 12.1 Å². The Morgan fingerprint density at radius 1 is 1.09 bits per heavy atom. The molecular weight excluding hydrogens is 487 g/mol. The maximum atomic E-state index is 13.2. The number of sulfonamides is 1. The van der Waals surface area contributed by atoms with Gasteiger partial charge in [0, 0.05) is 18.7 Å². The van der Waals surface area contributed by atoms with E-state index in [4.69, 9.17) is 4.74 Å². The van der Waals surface area contributed by atoms with Gasteiger partial charge in [-0.15, -0.1) is 0 Å². The number of hydrogen-bond acceptors (Lipinski definition) is 6. The summed E-state index contributed by atoms with van der Waals surface area (Å²) in [5.74, 6) is -0.719. The van der Waals surface area contributed by atoms with Crippen LogP contribution in [-0.4, -0.2) is 58.7 Å². The first-order valence-corrected chi connectivity index (χ1v) is 12.0. The topological polar surface area (TPSA) is 106 Å². The molecule has 0 spiro atoms. The Hall–Kier alpha value is -3.29. The van der Waals surface area contributed by atoms with Gasteiger partial charge in [-0.2, -0.15) is 22.6 Å². The molecule has 1 saturated heterocycles. The van der Waals surface area contributed by atoms with Crippen LogP contribution in [0.3, 0.4) is 0 Å². The molecule has 1 N–H and O–H groups in total. The van der Waals surface area contributed by atoms with Crippen LogP contribution in [0, 0.1) is 0 Å². The predicted octanol–water partition coefficient (Wildman–Crippen LogP) is 3.34. The van der Waals surface area contributed by atoms with Gasteiger partial charge in [0.2, 0.25) is 10.0 Å². The van der Waals surface area contributed by atoms with Crippen LogP contribution in [0.2, 0.25) is 0 Å². The Balaban J connectivity index is 1.58. The van der Waals surface area contributed by atoms with Crippen LogP contribution in [0.5, 0.6) is 0 Å². The molecule has 1 aromatic heterocycles. The van der Waals surface area contributed by atoms with Crippen molar-refractivity contribution in [3.8, 4) is 5.69 Å². The summed E-state index contributed by atoms with van der Waals surface area (Å²) in [6.07, 6.45) is -2.65. The fraction of sp³-hybridized carbons (Fsp3) is 0.318. The van der Waals surface area contributed by atoms with Crippen molar-refractivity contribution >= 4 is 21.6 Å². The zero-order chi connectivity index (χ0) is 25.4. The van der Waals surface area contributed by atoms with E-state index in [1.807, 2.05) is 0 Å². The lowest BCUT2D eigenvalue weighted by molar-refractivity contribution is -0.137. The summed E-state index contributed by atoms with van der Waals surface area (Å²) in [4.78, 5) is 16.6. The molecule has 3 aromatic rings. The van der Waals surface area contributed by atoms with Crippen LogP contribution < -0.4 is 5.32 Å². The Morgan fingerprint density at radius 3 is 2.31 bits per heavy atom. The Kier molecular flexibility index (Phi) is 6.66. The van der Waals surface area contributed by atoms with E-state index in [9.17, 15) is 26.4 Å². The number of amides is 1. The van der Waals surface area contributed by atoms with E-state index >= 15 is 0 Å². The number of hydrogen-bond donors (Lipinski definition) is 1. The summed E-state index contributed by atoms with van der Waals surface area (Å²) in [5.41, 5.74) is -0.844. The Bertz CT molecular complexity index is 1300. The van der Waals surface area contributed by atoms with Crippen molar-refractivity contribution in [3.05, 3.63) is 66.2 Å². The highest BCUT2D eigenvalue weighted by Crippen LogP contribution is 2.33. The molecule has 2 heterocycles. The van der Waals surface area contributed by atoms with E-state index in [2.05, 4.69) is 15.4 Å². The average molecular weight is 510 g/mol. The van der Waals surface area contributed by atoms with E-state index in [1.54, 1.807) is 13.8 Å². The summed E-state index contributed by atoms with van der Waals surface area (Å²) in [6, 6.07) is 8.04. The molecule has 2 aromatic carbocycles. The van der Waals surface area contributed by atoms with Crippen molar-refractivity contribution in [2.45, 2.75) is 37.1 Å². The van der Waals surface area contributed by atoms with Crippen LogP contribution in [0.15, 0.2) is 60.0 Å². The van der Waals surface area contributed by atoms with Crippen molar-refractivity contribution in [2.24, 2.45) is 0 Å². The third-order valence-corrected chi connectivity index (χ3v) is 7.22. The normalized spacial score (nSPS) is 19.5. The van der Waals surface area contributed by atoms with Gasteiger partial charge in [-0.25, -0.2) is 18.1 Å². The second kappa shape index (κ2) is 9.40. The lowest BCUT2D eigenvalue weighted by Crippen LogP contribution is -2.48. The predicted molar refractivity (Wildman–Crippen MR) is 120 cm³/mol. The smallest absolute Gasteiger partial charge is 0.373 e. The largest absolute Gasteiger partial charge is 0.416 e. The molecule has 1 amide bonds. The van der Waals surface area contributed by atoms with Crippen LogP contribution in [0.4, 0.5) is 18.9 Å². The Labute approximate surface area is 199 Å². The van der Waals surface area contributed by atoms with Gasteiger partial charge in [0.05, 0.1) is 34.0 Å². The molecule has 9 nitrogen and oxygen atoms in total. The lowest BCUT2D eigenvalue weighted by atomic mass is 10.1. The van der Waals surface area contributed by atoms with Crippen molar-refractivity contribution in [3.63, 3.8) is 0 Å². The SMILES string of the molecule is C[C@H]1CN(S(=O)(=O)c2ccc(C(=O)Nc3cc(C(F)(F)F)ccc3-n3cncn3)cc2)C[C@H](C)O1. The van der Waals surface area contributed by atoms with Gasteiger partial charge in [0.15, 0.2) is 0 Å².